The molecule has 0 saturated heterocycles. The number of quaternary nitrogens is 1. The minimum Gasteiger partial charge on any atom is -1.00 e. The molecule has 0 aliphatic rings. The van der Waals surface area contributed by atoms with Crippen molar-refractivity contribution < 1.29 is 31.1 Å². The van der Waals surface area contributed by atoms with Crippen molar-refractivity contribution in [3.8, 4) is 0 Å². The van der Waals surface area contributed by atoms with Crippen LogP contribution in [0.2, 0.25) is 0 Å². The van der Waals surface area contributed by atoms with Gasteiger partial charge in [-0.2, -0.15) is 0 Å². The summed E-state index contributed by atoms with van der Waals surface area (Å²) < 4.78 is 0.833. The fourth-order valence-corrected chi connectivity index (χ4v) is 1.44. The number of carbonyl (C=O) groups excluding carboxylic acids is 2. The number of hydrogen-bond donors (Lipinski definition) is 0. The van der Waals surface area contributed by atoms with Crippen molar-refractivity contribution in [2.45, 2.75) is 0 Å². The van der Waals surface area contributed by atoms with Crippen LogP contribution >= 0.6 is 0 Å². The first kappa shape index (κ1) is 21.0. The molecule has 0 heterocycles. The van der Waals surface area contributed by atoms with Gasteiger partial charge >= 0.3 is 0 Å². The molecule has 122 valence electrons. The van der Waals surface area contributed by atoms with Crippen molar-refractivity contribution in [1.82, 2.24) is 0 Å². The van der Waals surface area contributed by atoms with E-state index in [4.69, 9.17) is 0 Å². The summed E-state index contributed by atoms with van der Waals surface area (Å²) in [4.78, 5) is 23.6. The molecule has 2 aromatic carbocycles. The van der Waals surface area contributed by atoms with Crippen molar-refractivity contribution in [1.29, 1.82) is 0 Å². The van der Waals surface area contributed by atoms with Crippen LogP contribution in [-0.2, 0) is 0 Å². The number of benzene rings is 2. The summed E-state index contributed by atoms with van der Waals surface area (Å²) >= 11 is 0. The van der Waals surface area contributed by atoms with Gasteiger partial charge in [-0.1, -0.05) is 60.7 Å². The molecule has 0 atom stereocenters. The summed E-state index contributed by atoms with van der Waals surface area (Å²) in [6.45, 7) is 3.60. The van der Waals surface area contributed by atoms with E-state index in [1.165, 1.54) is 0 Å². The Hall–Kier alpha value is -2.04. The van der Waals surface area contributed by atoms with Gasteiger partial charge in [0.1, 0.15) is 0 Å². The van der Waals surface area contributed by atoms with Gasteiger partial charge < -0.3 is 21.5 Å². The van der Waals surface area contributed by atoms with Gasteiger partial charge in [-0.15, -0.1) is 0 Å². The number of Topliss-reactive ketones (excluding diaryl/α,β-unsaturated/α-hetero) is 2. The zero-order valence-corrected chi connectivity index (χ0v) is 15.3. The zero-order chi connectivity index (χ0) is 16.6. The summed E-state index contributed by atoms with van der Waals surface area (Å²) in [5, 5.41) is 0. The van der Waals surface area contributed by atoms with Gasteiger partial charge in [-0.25, -0.2) is 0 Å². The molecule has 0 aromatic heterocycles. The van der Waals surface area contributed by atoms with Crippen molar-refractivity contribution >= 4 is 11.6 Å². The summed E-state index contributed by atoms with van der Waals surface area (Å²) in [6.07, 6.45) is 1.88. The minimum absolute atomic E-state index is 0. The van der Waals surface area contributed by atoms with E-state index in [1.807, 2.05) is 18.3 Å². The van der Waals surface area contributed by atoms with Gasteiger partial charge in [0.2, 0.25) is 11.6 Å². The number of rotatable bonds is 4. The third-order valence-corrected chi connectivity index (χ3v) is 2.83. The van der Waals surface area contributed by atoms with E-state index in [1.54, 1.807) is 48.5 Å². The predicted octanol–water partition coefficient (Wildman–Crippen LogP) is 0.592. The van der Waals surface area contributed by atoms with Gasteiger partial charge in [-0.05, 0) is 6.58 Å². The van der Waals surface area contributed by atoms with Gasteiger partial charge in [0.25, 0.3) is 0 Å². The van der Waals surface area contributed by atoms with Crippen LogP contribution in [0.15, 0.2) is 73.4 Å². The Morgan fingerprint density at radius 3 is 1.26 bits per heavy atom. The lowest BCUT2D eigenvalue weighted by Gasteiger charge is -2.15. The Balaban J connectivity index is 0.000000599. The molecule has 0 fully saturated rings. The molecule has 3 nitrogen and oxygen atoms in total. The van der Waals surface area contributed by atoms with Crippen LogP contribution in [0.1, 0.15) is 20.7 Å². The normalized spacial score (nSPS) is 9.70. The molecule has 4 heteroatoms. The molecule has 0 radical (unpaired) electrons. The second-order valence-corrected chi connectivity index (χ2v) is 5.69. The SMILES string of the molecule is C=C[N+](C)(C)C.O=C(C(=O)c1ccccc1)c1ccccc1.[Br-]. The standard InChI is InChI=1S/C14H10O2.C5H12N.BrH/c15-13(11-7-3-1-4-8-11)14(16)12-9-5-2-6-10-12;1-5-6(2,3)4;/h1-10H;5H,1H2,2-4H3;1H/q;+1;/p-1. The van der Waals surface area contributed by atoms with Gasteiger partial charge in [0, 0.05) is 11.1 Å². The summed E-state index contributed by atoms with van der Waals surface area (Å²) in [5.74, 6) is -0.932. The van der Waals surface area contributed by atoms with Crippen LogP contribution in [0.4, 0.5) is 0 Å². The molecule has 0 unspecified atom stereocenters. The number of carbonyl (C=O) groups is 2. The highest BCUT2D eigenvalue weighted by atomic mass is 79.9. The second-order valence-electron chi connectivity index (χ2n) is 5.69. The van der Waals surface area contributed by atoms with E-state index in [0.29, 0.717) is 11.1 Å². The van der Waals surface area contributed by atoms with E-state index >= 15 is 0 Å². The fourth-order valence-electron chi connectivity index (χ4n) is 1.44. The van der Waals surface area contributed by atoms with Crippen molar-refractivity contribution in [3.05, 3.63) is 84.6 Å². The topological polar surface area (TPSA) is 34.1 Å². The average Bonchev–Trinajstić information content (AvgIpc) is 2.55. The first-order valence-electron chi connectivity index (χ1n) is 6.99. The van der Waals surface area contributed by atoms with Gasteiger partial charge in [0.15, 0.2) is 0 Å². The highest BCUT2D eigenvalue weighted by Crippen LogP contribution is 2.07. The van der Waals surface area contributed by atoms with E-state index < -0.39 is 11.6 Å². The molecular weight excluding hydrogens is 354 g/mol. The minimum atomic E-state index is -0.466. The Kier molecular flexibility index (Phi) is 9.00. The van der Waals surface area contributed by atoms with Crippen LogP contribution in [-0.4, -0.2) is 37.2 Å². The van der Waals surface area contributed by atoms with Crippen LogP contribution < -0.4 is 17.0 Å². The smallest absolute Gasteiger partial charge is 0.233 e. The molecule has 2 aromatic rings. The van der Waals surface area contributed by atoms with Crippen LogP contribution in [0.25, 0.3) is 0 Å². The lowest BCUT2D eigenvalue weighted by Crippen LogP contribution is -3.00. The molecule has 2 rings (SSSR count). The highest BCUT2D eigenvalue weighted by molar-refractivity contribution is 6.49. The largest absolute Gasteiger partial charge is 1.00 e. The predicted molar refractivity (Wildman–Crippen MR) is 89.8 cm³/mol. The Morgan fingerprint density at radius 2 is 1.04 bits per heavy atom. The maximum absolute atomic E-state index is 11.8. The fraction of sp³-hybridized carbons (Fsp3) is 0.158. The second kappa shape index (κ2) is 9.87. The number of nitrogens with zero attached hydrogens (tertiary/aromatic N) is 1. The van der Waals surface area contributed by atoms with E-state index in [2.05, 4.69) is 27.7 Å². The lowest BCUT2D eigenvalue weighted by atomic mass is 10.0. The van der Waals surface area contributed by atoms with E-state index in [9.17, 15) is 9.59 Å². The van der Waals surface area contributed by atoms with Crippen LogP contribution in [0, 0.1) is 0 Å². The molecular formula is C19H22BrNO2. The Morgan fingerprint density at radius 1 is 0.783 bits per heavy atom. The summed E-state index contributed by atoms with van der Waals surface area (Å²) in [5.41, 5.74) is 0.854. The molecule has 0 spiro atoms. The number of hydrogen-bond acceptors (Lipinski definition) is 2. The van der Waals surface area contributed by atoms with Gasteiger partial charge in [0.05, 0.1) is 27.3 Å². The quantitative estimate of drug-likeness (QED) is 0.445. The molecule has 0 saturated carbocycles. The Labute approximate surface area is 148 Å². The number of ketones is 2. The first-order valence-corrected chi connectivity index (χ1v) is 6.99. The van der Waals surface area contributed by atoms with Crippen LogP contribution in [0.3, 0.4) is 0 Å². The maximum atomic E-state index is 11.8. The number of halogens is 1. The summed E-state index contributed by atoms with van der Waals surface area (Å²) in [7, 11) is 6.19. The van der Waals surface area contributed by atoms with Crippen molar-refractivity contribution in [2.75, 3.05) is 21.1 Å². The van der Waals surface area contributed by atoms with Crippen LogP contribution in [0.5, 0.6) is 0 Å². The lowest BCUT2D eigenvalue weighted by molar-refractivity contribution is -0.816. The van der Waals surface area contributed by atoms with Crippen molar-refractivity contribution in [2.24, 2.45) is 0 Å². The maximum Gasteiger partial charge on any atom is 0.233 e. The molecule has 23 heavy (non-hydrogen) atoms. The molecule has 0 amide bonds. The van der Waals surface area contributed by atoms with Gasteiger partial charge in [-0.3, -0.25) is 9.59 Å². The third-order valence-electron chi connectivity index (χ3n) is 2.83. The molecule has 0 bridgehead atoms. The summed E-state index contributed by atoms with van der Waals surface area (Å²) in [6, 6.07) is 17.2. The van der Waals surface area contributed by atoms with E-state index in [0.717, 1.165) is 4.48 Å². The third kappa shape index (κ3) is 7.68. The Bertz CT molecular complexity index is 582. The molecule has 0 aliphatic heterocycles. The van der Waals surface area contributed by atoms with E-state index in [-0.39, 0.29) is 17.0 Å². The first-order chi connectivity index (χ1) is 10.3. The molecule has 0 N–H and O–H groups in total. The zero-order valence-electron chi connectivity index (χ0n) is 13.7. The molecule has 0 aliphatic carbocycles. The average molecular weight is 376 g/mol. The monoisotopic (exact) mass is 375 g/mol. The highest BCUT2D eigenvalue weighted by Gasteiger charge is 2.16. The van der Waals surface area contributed by atoms with Crippen molar-refractivity contribution in [3.63, 3.8) is 0 Å².